The van der Waals surface area contributed by atoms with E-state index in [0.29, 0.717) is 6.42 Å². The van der Waals surface area contributed by atoms with Crippen LogP contribution in [0.1, 0.15) is 19.4 Å². The van der Waals surface area contributed by atoms with Gasteiger partial charge < -0.3 is 4.74 Å². The van der Waals surface area contributed by atoms with Gasteiger partial charge in [0.15, 0.2) is 0 Å². The highest BCUT2D eigenvalue weighted by Gasteiger charge is 2.42. The van der Waals surface area contributed by atoms with Crippen molar-refractivity contribution < 1.29 is 14.3 Å². The molecule has 1 aliphatic heterocycles. The maximum Gasteiger partial charge on any atom is 0.417 e. The van der Waals surface area contributed by atoms with Crippen LogP contribution in [0.4, 0.5) is 4.79 Å². The van der Waals surface area contributed by atoms with Gasteiger partial charge in [0.05, 0.1) is 10.4 Å². The number of benzene rings is 1. The summed E-state index contributed by atoms with van der Waals surface area (Å²) in [6.07, 6.45) is 0.0555. The van der Waals surface area contributed by atoms with Crippen molar-refractivity contribution in [3.8, 4) is 0 Å². The van der Waals surface area contributed by atoms with E-state index in [-0.39, 0.29) is 18.6 Å². The number of alkyl halides is 1. The molecule has 0 radical (unpaired) electrons. The molecule has 1 fully saturated rings. The Labute approximate surface area is 120 Å². The number of amides is 2. The average molecular weight is 326 g/mol. The second-order valence-corrected chi connectivity index (χ2v) is 7.05. The van der Waals surface area contributed by atoms with Crippen LogP contribution >= 0.6 is 15.9 Å². The van der Waals surface area contributed by atoms with E-state index >= 15 is 0 Å². The third-order valence-electron chi connectivity index (χ3n) is 3.00. The van der Waals surface area contributed by atoms with Crippen LogP contribution in [0.15, 0.2) is 30.3 Å². The van der Waals surface area contributed by atoms with Crippen molar-refractivity contribution in [2.75, 3.05) is 6.61 Å². The summed E-state index contributed by atoms with van der Waals surface area (Å²) in [5, 5.41) is 0. The summed E-state index contributed by atoms with van der Waals surface area (Å²) in [5.41, 5.74) is 1.08. The highest BCUT2D eigenvalue weighted by molar-refractivity contribution is 9.10. The molecule has 1 aromatic rings. The van der Waals surface area contributed by atoms with Gasteiger partial charge in [-0.2, -0.15) is 0 Å². The fraction of sp³-hybridized carbons (Fsp3) is 0.429. The van der Waals surface area contributed by atoms with Gasteiger partial charge in [-0.1, -0.05) is 46.3 Å². The minimum atomic E-state index is -0.773. The predicted molar refractivity (Wildman–Crippen MR) is 75.1 cm³/mol. The number of imide groups is 1. The Morgan fingerprint density at radius 3 is 2.63 bits per heavy atom. The summed E-state index contributed by atoms with van der Waals surface area (Å²) < 4.78 is 4.24. The molecule has 1 heterocycles. The first-order chi connectivity index (χ1) is 8.89. The molecule has 0 unspecified atom stereocenters. The standard InChI is InChI=1S/C14H16BrNO3/c1-14(2,15)12(17)16-11(9-19-13(16)18)8-10-6-4-3-5-7-10/h3-7,11H,8-9H2,1-2H3/t11-/m0/s1. The SMILES string of the molecule is CC(C)(Br)C(=O)N1C(=O)OC[C@@H]1Cc1ccccc1. The lowest BCUT2D eigenvalue weighted by molar-refractivity contribution is -0.130. The highest BCUT2D eigenvalue weighted by atomic mass is 79.9. The van der Waals surface area contributed by atoms with E-state index in [1.54, 1.807) is 13.8 Å². The molecular formula is C14H16BrNO3. The maximum atomic E-state index is 12.3. The van der Waals surface area contributed by atoms with E-state index in [0.717, 1.165) is 5.56 Å². The minimum absolute atomic E-state index is 0.237. The van der Waals surface area contributed by atoms with Gasteiger partial charge >= 0.3 is 6.09 Å². The lowest BCUT2D eigenvalue weighted by atomic mass is 10.0. The topological polar surface area (TPSA) is 46.6 Å². The zero-order valence-electron chi connectivity index (χ0n) is 10.9. The molecule has 19 heavy (non-hydrogen) atoms. The van der Waals surface area contributed by atoms with Crippen LogP contribution in [0.25, 0.3) is 0 Å². The van der Waals surface area contributed by atoms with Crippen LogP contribution in [0.3, 0.4) is 0 Å². The Hall–Kier alpha value is -1.36. The monoisotopic (exact) mass is 325 g/mol. The predicted octanol–water partition coefficient (Wildman–Crippen LogP) is 2.75. The van der Waals surface area contributed by atoms with Gasteiger partial charge in [0.2, 0.25) is 5.91 Å². The van der Waals surface area contributed by atoms with Gasteiger partial charge in [-0.3, -0.25) is 4.79 Å². The minimum Gasteiger partial charge on any atom is -0.447 e. The summed E-state index contributed by atoms with van der Waals surface area (Å²) in [7, 11) is 0. The van der Waals surface area contributed by atoms with Crippen molar-refractivity contribution in [1.29, 1.82) is 0 Å². The number of carbonyl (C=O) groups is 2. The van der Waals surface area contributed by atoms with Crippen molar-refractivity contribution in [3.63, 3.8) is 0 Å². The van der Waals surface area contributed by atoms with Crippen LogP contribution in [-0.2, 0) is 16.0 Å². The zero-order chi connectivity index (χ0) is 14.0. The van der Waals surface area contributed by atoms with Gasteiger partial charge in [-0.15, -0.1) is 0 Å². The van der Waals surface area contributed by atoms with E-state index in [1.807, 2.05) is 30.3 Å². The number of nitrogens with zero attached hydrogens (tertiary/aromatic N) is 1. The molecule has 0 bridgehead atoms. The quantitative estimate of drug-likeness (QED) is 0.803. The van der Waals surface area contributed by atoms with Gasteiger partial charge in [-0.25, -0.2) is 9.69 Å². The van der Waals surface area contributed by atoms with Gasteiger partial charge in [0.1, 0.15) is 6.61 Å². The first-order valence-corrected chi connectivity index (χ1v) is 6.92. The maximum absolute atomic E-state index is 12.3. The average Bonchev–Trinajstić information content (AvgIpc) is 2.70. The molecule has 2 rings (SSSR count). The molecule has 0 aliphatic carbocycles. The molecule has 5 heteroatoms. The largest absolute Gasteiger partial charge is 0.447 e. The molecule has 102 valence electrons. The lowest BCUT2D eigenvalue weighted by Gasteiger charge is -2.25. The highest BCUT2D eigenvalue weighted by Crippen LogP contribution is 2.25. The summed E-state index contributed by atoms with van der Waals surface area (Å²) >= 11 is 3.30. The van der Waals surface area contributed by atoms with Crippen molar-refractivity contribution in [2.45, 2.75) is 30.6 Å². The van der Waals surface area contributed by atoms with Gasteiger partial charge in [-0.05, 0) is 25.8 Å². The molecule has 0 saturated carbocycles. The number of hydrogen-bond donors (Lipinski definition) is 0. The second kappa shape index (κ2) is 5.33. The third-order valence-corrected chi connectivity index (χ3v) is 3.34. The van der Waals surface area contributed by atoms with E-state index in [9.17, 15) is 9.59 Å². The molecule has 0 spiro atoms. The Morgan fingerprint density at radius 1 is 1.42 bits per heavy atom. The van der Waals surface area contributed by atoms with Crippen LogP contribution in [0, 0.1) is 0 Å². The van der Waals surface area contributed by atoms with Crippen LogP contribution in [0.2, 0.25) is 0 Å². The molecule has 2 amide bonds. The van der Waals surface area contributed by atoms with E-state index in [4.69, 9.17) is 4.74 Å². The van der Waals surface area contributed by atoms with E-state index in [2.05, 4.69) is 15.9 Å². The lowest BCUT2D eigenvalue weighted by Crippen LogP contribution is -2.47. The first kappa shape index (κ1) is 14.1. The van der Waals surface area contributed by atoms with Crippen LogP contribution in [0.5, 0.6) is 0 Å². The van der Waals surface area contributed by atoms with Crippen LogP contribution < -0.4 is 0 Å². The molecule has 4 nitrogen and oxygen atoms in total. The van der Waals surface area contributed by atoms with Crippen molar-refractivity contribution in [2.24, 2.45) is 0 Å². The van der Waals surface area contributed by atoms with Crippen molar-refractivity contribution in [1.82, 2.24) is 4.90 Å². The number of cyclic esters (lactones) is 1. The third kappa shape index (κ3) is 3.15. The molecule has 1 saturated heterocycles. The molecular weight excluding hydrogens is 310 g/mol. The molecule has 0 aromatic heterocycles. The molecule has 1 aliphatic rings. The fourth-order valence-corrected chi connectivity index (χ4v) is 2.22. The number of carbonyl (C=O) groups excluding carboxylic acids is 2. The Kier molecular flexibility index (Phi) is 3.94. The van der Waals surface area contributed by atoms with Crippen LogP contribution in [-0.4, -0.2) is 33.9 Å². The summed E-state index contributed by atoms with van der Waals surface area (Å²) in [4.78, 5) is 25.2. The van der Waals surface area contributed by atoms with E-state index in [1.165, 1.54) is 4.90 Å². The molecule has 0 N–H and O–H groups in total. The smallest absolute Gasteiger partial charge is 0.417 e. The van der Waals surface area contributed by atoms with E-state index < -0.39 is 10.4 Å². The summed E-state index contributed by atoms with van der Waals surface area (Å²) in [5.74, 6) is -0.268. The molecule has 1 aromatic carbocycles. The second-order valence-electron chi connectivity index (χ2n) is 5.07. The number of ether oxygens (including phenoxy) is 1. The molecule has 1 atom stereocenters. The van der Waals surface area contributed by atoms with Gasteiger partial charge in [0.25, 0.3) is 0 Å². The normalized spacial score (nSPS) is 19.4. The summed E-state index contributed by atoms with van der Waals surface area (Å²) in [6, 6.07) is 9.53. The zero-order valence-corrected chi connectivity index (χ0v) is 12.5. The number of hydrogen-bond acceptors (Lipinski definition) is 3. The first-order valence-electron chi connectivity index (χ1n) is 6.13. The van der Waals surface area contributed by atoms with Crippen molar-refractivity contribution >= 4 is 27.9 Å². The fourth-order valence-electron chi connectivity index (χ4n) is 2.03. The Bertz CT molecular complexity index is 481. The number of rotatable bonds is 3. The van der Waals surface area contributed by atoms with Gasteiger partial charge in [0, 0.05) is 0 Å². The Morgan fingerprint density at radius 2 is 2.05 bits per heavy atom. The number of halogens is 1. The summed E-state index contributed by atoms with van der Waals surface area (Å²) in [6.45, 7) is 3.70. The Balaban J connectivity index is 2.16. The van der Waals surface area contributed by atoms with Crippen molar-refractivity contribution in [3.05, 3.63) is 35.9 Å².